The third-order valence-electron chi connectivity index (χ3n) is 4.04. The molecule has 1 aromatic rings. The molecule has 2 atom stereocenters. The summed E-state index contributed by atoms with van der Waals surface area (Å²) >= 11 is 0. The summed E-state index contributed by atoms with van der Waals surface area (Å²) in [6.45, 7) is 8.32. The number of ether oxygens (including phenoxy) is 1. The van der Waals surface area contributed by atoms with Crippen molar-refractivity contribution in [3.8, 4) is 0 Å². The first-order valence-electron chi connectivity index (χ1n) is 7.26. The van der Waals surface area contributed by atoms with Gasteiger partial charge >= 0.3 is 0 Å². The summed E-state index contributed by atoms with van der Waals surface area (Å²) < 4.78 is 5.49. The fraction of sp³-hybridized carbons (Fsp3) is 0.625. The van der Waals surface area contributed by atoms with Crippen LogP contribution in [0.3, 0.4) is 0 Å². The highest BCUT2D eigenvalue weighted by atomic mass is 16.5. The second kappa shape index (κ2) is 7.04. The van der Waals surface area contributed by atoms with Gasteiger partial charge in [-0.2, -0.15) is 0 Å². The minimum absolute atomic E-state index is 0.440. The van der Waals surface area contributed by atoms with Crippen molar-refractivity contribution in [1.82, 2.24) is 10.2 Å². The molecule has 1 fully saturated rings. The number of hydrogen-bond acceptors (Lipinski definition) is 3. The summed E-state index contributed by atoms with van der Waals surface area (Å²) in [5, 5.41) is 3.43. The van der Waals surface area contributed by atoms with Crippen LogP contribution in [-0.4, -0.2) is 44.3 Å². The van der Waals surface area contributed by atoms with Gasteiger partial charge in [0.1, 0.15) is 0 Å². The van der Waals surface area contributed by atoms with E-state index in [1.165, 1.54) is 11.1 Å². The van der Waals surface area contributed by atoms with E-state index in [2.05, 4.69) is 48.3 Å². The Hall–Kier alpha value is -0.900. The van der Waals surface area contributed by atoms with Gasteiger partial charge < -0.3 is 10.1 Å². The van der Waals surface area contributed by atoms with Gasteiger partial charge in [0.25, 0.3) is 0 Å². The molecule has 1 N–H and O–H groups in total. The molecule has 0 aliphatic carbocycles. The van der Waals surface area contributed by atoms with Crippen LogP contribution >= 0.6 is 0 Å². The molecular formula is C16H26N2O. The number of nitrogens with zero attached hydrogens (tertiary/aromatic N) is 1. The van der Waals surface area contributed by atoms with Crippen LogP contribution < -0.4 is 5.32 Å². The summed E-state index contributed by atoms with van der Waals surface area (Å²) in [4.78, 5) is 2.53. The lowest BCUT2D eigenvalue weighted by molar-refractivity contribution is -0.00174. The van der Waals surface area contributed by atoms with E-state index < -0.39 is 0 Å². The normalized spacial score (nSPS) is 22.4. The van der Waals surface area contributed by atoms with Gasteiger partial charge in [0, 0.05) is 25.2 Å². The van der Waals surface area contributed by atoms with Crippen LogP contribution in [-0.2, 0) is 4.74 Å². The standard InChI is InChI=1S/C16H26N2O/c1-13-4-6-15(7-5-13)16(17-3)8-9-18-10-11-19-12-14(18)2/h4-7,14,16-17H,8-12H2,1-3H3. The predicted octanol–water partition coefficient (Wildman–Crippen LogP) is 2.37. The zero-order valence-corrected chi connectivity index (χ0v) is 12.4. The molecule has 3 nitrogen and oxygen atoms in total. The molecule has 0 saturated carbocycles. The number of rotatable bonds is 5. The molecule has 1 saturated heterocycles. The van der Waals surface area contributed by atoms with E-state index in [-0.39, 0.29) is 0 Å². The van der Waals surface area contributed by atoms with Crippen molar-refractivity contribution in [2.45, 2.75) is 32.4 Å². The number of aryl methyl sites for hydroxylation is 1. The van der Waals surface area contributed by atoms with Crippen LogP contribution in [0.2, 0.25) is 0 Å². The monoisotopic (exact) mass is 262 g/mol. The Bertz CT molecular complexity index is 377. The van der Waals surface area contributed by atoms with Gasteiger partial charge in [-0.3, -0.25) is 4.90 Å². The minimum atomic E-state index is 0.440. The van der Waals surface area contributed by atoms with E-state index in [4.69, 9.17) is 4.74 Å². The summed E-state index contributed by atoms with van der Waals surface area (Å²) in [5.74, 6) is 0. The van der Waals surface area contributed by atoms with Crippen molar-refractivity contribution in [2.24, 2.45) is 0 Å². The summed E-state index contributed by atoms with van der Waals surface area (Å²) in [5.41, 5.74) is 2.70. The molecule has 2 rings (SSSR count). The minimum Gasteiger partial charge on any atom is -0.379 e. The Labute approximate surface area is 116 Å². The van der Waals surface area contributed by atoms with Crippen molar-refractivity contribution >= 4 is 0 Å². The molecule has 106 valence electrons. The third kappa shape index (κ3) is 4.03. The van der Waals surface area contributed by atoms with Crippen molar-refractivity contribution < 1.29 is 4.74 Å². The summed E-state index contributed by atoms with van der Waals surface area (Å²) in [6.07, 6.45) is 1.14. The summed E-state index contributed by atoms with van der Waals surface area (Å²) in [7, 11) is 2.05. The maximum Gasteiger partial charge on any atom is 0.0619 e. The largest absolute Gasteiger partial charge is 0.379 e. The maximum atomic E-state index is 5.49. The predicted molar refractivity (Wildman–Crippen MR) is 79.5 cm³/mol. The van der Waals surface area contributed by atoms with Gasteiger partial charge in [0.2, 0.25) is 0 Å². The highest BCUT2D eigenvalue weighted by molar-refractivity contribution is 5.24. The molecule has 0 amide bonds. The number of nitrogens with one attached hydrogen (secondary N) is 1. The Morgan fingerprint density at radius 3 is 2.74 bits per heavy atom. The highest BCUT2D eigenvalue weighted by Gasteiger charge is 2.19. The van der Waals surface area contributed by atoms with Gasteiger partial charge in [0.15, 0.2) is 0 Å². The second-order valence-corrected chi connectivity index (χ2v) is 5.50. The molecule has 19 heavy (non-hydrogen) atoms. The average molecular weight is 262 g/mol. The molecule has 3 heteroatoms. The van der Waals surface area contributed by atoms with Crippen LogP contribution in [0.25, 0.3) is 0 Å². The number of benzene rings is 1. The van der Waals surface area contributed by atoms with E-state index in [0.717, 1.165) is 32.7 Å². The molecule has 0 bridgehead atoms. The average Bonchev–Trinajstić information content (AvgIpc) is 2.43. The smallest absolute Gasteiger partial charge is 0.0619 e. The van der Waals surface area contributed by atoms with Crippen LogP contribution in [0.1, 0.15) is 30.5 Å². The van der Waals surface area contributed by atoms with Gasteiger partial charge in [-0.15, -0.1) is 0 Å². The van der Waals surface area contributed by atoms with E-state index >= 15 is 0 Å². The Morgan fingerprint density at radius 2 is 2.11 bits per heavy atom. The number of hydrogen-bond donors (Lipinski definition) is 1. The van der Waals surface area contributed by atoms with E-state index in [9.17, 15) is 0 Å². The fourth-order valence-corrected chi connectivity index (χ4v) is 2.67. The fourth-order valence-electron chi connectivity index (χ4n) is 2.67. The van der Waals surface area contributed by atoms with Gasteiger partial charge in [-0.05, 0) is 32.9 Å². The van der Waals surface area contributed by atoms with Crippen LogP contribution in [0, 0.1) is 6.92 Å². The molecule has 0 radical (unpaired) electrons. The van der Waals surface area contributed by atoms with Crippen LogP contribution in [0.15, 0.2) is 24.3 Å². The molecule has 2 unspecified atom stereocenters. The zero-order valence-electron chi connectivity index (χ0n) is 12.4. The SMILES string of the molecule is CNC(CCN1CCOCC1C)c1ccc(C)cc1. The Kier molecular flexibility index (Phi) is 5.37. The molecular weight excluding hydrogens is 236 g/mol. The lowest BCUT2D eigenvalue weighted by Gasteiger charge is -2.34. The van der Waals surface area contributed by atoms with Crippen molar-refractivity contribution in [1.29, 1.82) is 0 Å². The van der Waals surface area contributed by atoms with Crippen LogP contribution in [0.5, 0.6) is 0 Å². The van der Waals surface area contributed by atoms with Crippen LogP contribution in [0.4, 0.5) is 0 Å². The van der Waals surface area contributed by atoms with E-state index in [1.54, 1.807) is 0 Å². The van der Waals surface area contributed by atoms with Gasteiger partial charge in [-0.25, -0.2) is 0 Å². The quantitative estimate of drug-likeness (QED) is 0.881. The Balaban J connectivity index is 1.90. The molecule has 1 aromatic carbocycles. The molecule has 1 aliphatic rings. The Morgan fingerprint density at radius 1 is 1.37 bits per heavy atom. The first kappa shape index (κ1) is 14.5. The van der Waals surface area contributed by atoms with Crippen molar-refractivity contribution in [3.05, 3.63) is 35.4 Å². The number of morpholine rings is 1. The third-order valence-corrected chi connectivity index (χ3v) is 4.04. The topological polar surface area (TPSA) is 24.5 Å². The van der Waals surface area contributed by atoms with Gasteiger partial charge in [-0.1, -0.05) is 29.8 Å². The van der Waals surface area contributed by atoms with Crippen molar-refractivity contribution in [3.63, 3.8) is 0 Å². The summed E-state index contributed by atoms with van der Waals surface area (Å²) in [6, 6.07) is 9.84. The first-order valence-corrected chi connectivity index (χ1v) is 7.26. The maximum absolute atomic E-state index is 5.49. The molecule has 0 aromatic heterocycles. The van der Waals surface area contributed by atoms with Crippen molar-refractivity contribution in [2.75, 3.05) is 33.4 Å². The molecule has 0 spiro atoms. The van der Waals surface area contributed by atoms with E-state index in [0.29, 0.717) is 12.1 Å². The van der Waals surface area contributed by atoms with E-state index in [1.807, 2.05) is 7.05 Å². The lowest BCUT2D eigenvalue weighted by atomic mass is 10.0. The molecule has 1 aliphatic heterocycles. The first-order chi connectivity index (χ1) is 9.20. The second-order valence-electron chi connectivity index (χ2n) is 5.50. The lowest BCUT2D eigenvalue weighted by Crippen LogP contribution is -2.44. The molecule has 1 heterocycles. The van der Waals surface area contributed by atoms with Gasteiger partial charge in [0.05, 0.1) is 13.2 Å². The highest BCUT2D eigenvalue weighted by Crippen LogP contribution is 2.18. The zero-order chi connectivity index (χ0) is 13.7.